The molecule has 0 bridgehead atoms. The molecule has 112 valence electrons. The van der Waals surface area contributed by atoms with Crippen LogP contribution in [0.3, 0.4) is 0 Å². The van der Waals surface area contributed by atoms with E-state index in [2.05, 4.69) is 4.72 Å². The van der Waals surface area contributed by atoms with Crippen LogP contribution in [0, 0.1) is 17.6 Å². The minimum absolute atomic E-state index is 0.00956. The molecule has 0 radical (unpaired) electrons. The third kappa shape index (κ3) is 3.08. The molecular weight excluding hydrogens is 290 g/mol. The van der Waals surface area contributed by atoms with Crippen molar-refractivity contribution in [2.45, 2.75) is 24.3 Å². The van der Waals surface area contributed by atoms with Crippen molar-refractivity contribution < 1.29 is 21.9 Å². The smallest absolute Gasteiger partial charge is 0.246 e. The number of nitrogen functional groups attached to an aromatic ring is 1. The number of hydrogen-bond acceptors (Lipinski definition) is 4. The van der Waals surface area contributed by atoms with Gasteiger partial charge in [0.25, 0.3) is 0 Å². The molecule has 1 aliphatic heterocycles. The molecule has 1 aromatic rings. The molecule has 0 spiro atoms. The fraction of sp³-hybridized carbons (Fsp3) is 0.500. The first-order chi connectivity index (χ1) is 9.31. The number of sulfonamides is 1. The Morgan fingerprint density at radius 3 is 2.50 bits per heavy atom. The second-order valence-electron chi connectivity index (χ2n) is 4.85. The Morgan fingerprint density at radius 1 is 1.40 bits per heavy atom. The number of ether oxygens (including phenoxy) is 1. The first-order valence-corrected chi connectivity index (χ1v) is 7.64. The van der Waals surface area contributed by atoms with Crippen LogP contribution in [0.25, 0.3) is 0 Å². The summed E-state index contributed by atoms with van der Waals surface area (Å²) in [5, 5.41) is 0. The molecule has 1 fully saturated rings. The molecule has 2 rings (SSSR count). The van der Waals surface area contributed by atoms with E-state index in [4.69, 9.17) is 10.5 Å². The third-order valence-corrected chi connectivity index (χ3v) is 4.91. The quantitative estimate of drug-likeness (QED) is 0.820. The lowest BCUT2D eigenvalue weighted by molar-refractivity contribution is 0.180. The summed E-state index contributed by atoms with van der Waals surface area (Å²) in [6.45, 7) is 2.63. The molecule has 2 atom stereocenters. The predicted molar refractivity (Wildman–Crippen MR) is 69.5 cm³/mol. The number of nitrogens with one attached hydrogen (secondary N) is 1. The van der Waals surface area contributed by atoms with E-state index in [0.717, 1.165) is 12.1 Å². The van der Waals surface area contributed by atoms with Crippen LogP contribution in [-0.2, 0) is 14.8 Å². The summed E-state index contributed by atoms with van der Waals surface area (Å²) >= 11 is 0. The summed E-state index contributed by atoms with van der Waals surface area (Å²) in [6, 6.07) is 1.08. The summed E-state index contributed by atoms with van der Waals surface area (Å²) in [5.41, 5.74) is 5.09. The van der Waals surface area contributed by atoms with Crippen molar-refractivity contribution in [2.75, 3.05) is 18.9 Å². The van der Waals surface area contributed by atoms with Gasteiger partial charge >= 0.3 is 0 Å². The number of hydrogen-bond donors (Lipinski definition) is 2. The number of rotatable bonds is 4. The molecule has 8 heteroatoms. The van der Waals surface area contributed by atoms with E-state index in [-0.39, 0.29) is 11.6 Å². The molecule has 0 amide bonds. The molecule has 5 nitrogen and oxygen atoms in total. The molecule has 1 heterocycles. The SMILES string of the molecule is CC(NS(=O)(=O)c1c(F)cc(N)cc1F)C1CCOC1. The summed E-state index contributed by atoms with van der Waals surface area (Å²) in [6.07, 6.45) is 0.705. The van der Waals surface area contributed by atoms with Gasteiger partial charge < -0.3 is 10.5 Å². The minimum atomic E-state index is -4.29. The zero-order chi connectivity index (χ0) is 14.9. The van der Waals surface area contributed by atoms with Crippen molar-refractivity contribution >= 4 is 15.7 Å². The average molecular weight is 306 g/mol. The van der Waals surface area contributed by atoms with Crippen LogP contribution in [-0.4, -0.2) is 27.7 Å². The fourth-order valence-corrected chi connectivity index (χ4v) is 3.61. The normalized spacial score (nSPS) is 21.1. The molecule has 0 aliphatic carbocycles. The predicted octanol–water partition coefficient (Wildman–Crippen LogP) is 1.25. The third-order valence-electron chi connectivity index (χ3n) is 3.30. The average Bonchev–Trinajstić information content (AvgIpc) is 2.78. The van der Waals surface area contributed by atoms with Crippen molar-refractivity contribution in [3.05, 3.63) is 23.8 Å². The highest BCUT2D eigenvalue weighted by atomic mass is 32.2. The Bertz CT molecular complexity index is 578. The fourth-order valence-electron chi connectivity index (χ4n) is 2.18. The number of nitrogens with two attached hydrogens (primary N) is 1. The van der Waals surface area contributed by atoms with Crippen LogP contribution in [0.15, 0.2) is 17.0 Å². The lowest BCUT2D eigenvalue weighted by Gasteiger charge is -2.19. The maximum absolute atomic E-state index is 13.7. The molecule has 1 aliphatic rings. The van der Waals surface area contributed by atoms with Crippen LogP contribution in [0.1, 0.15) is 13.3 Å². The van der Waals surface area contributed by atoms with E-state index in [9.17, 15) is 17.2 Å². The van der Waals surface area contributed by atoms with Gasteiger partial charge in [-0.3, -0.25) is 0 Å². The van der Waals surface area contributed by atoms with Crippen LogP contribution in [0.5, 0.6) is 0 Å². The van der Waals surface area contributed by atoms with Crippen molar-refractivity contribution in [2.24, 2.45) is 5.92 Å². The van der Waals surface area contributed by atoms with Crippen LogP contribution in [0.2, 0.25) is 0 Å². The zero-order valence-corrected chi connectivity index (χ0v) is 11.7. The van der Waals surface area contributed by atoms with Gasteiger partial charge in [0, 0.05) is 24.3 Å². The van der Waals surface area contributed by atoms with Gasteiger partial charge in [-0.1, -0.05) is 0 Å². The van der Waals surface area contributed by atoms with Crippen LogP contribution >= 0.6 is 0 Å². The van der Waals surface area contributed by atoms with E-state index in [1.165, 1.54) is 0 Å². The second kappa shape index (κ2) is 5.63. The van der Waals surface area contributed by atoms with Crippen molar-refractivity contribution in [3.8, 4) is 0 Å². The molecule has 1 aromatic carbocycles. The van der Waals surface area contributed by atoms with E-state index in [0.29, 0.717) is 19.6 Å². The van der Waals surface area contributed by atoms with E-state index < -0.39 is 32.6 Å². The van der Waals surface area contributed by atoms with Gasteiger partial charge in [0.05, 0.1) is 6.61 Å². The molecule has 0 saturated carbocycles. The summed E-state index contributed by atoms with van der Waals surface area (Å²) < 4.78 is 58.9. The standard InChI is InChI=1S/C12H16F2N2O3S/c1-7(8-2-3-19-6-8)16-20(17,18)12-10(13)4-9(15)5-11(12)14/h4-5,7-8,16H,2-3,6,15H2,1H3. The molecule has 2 unspecified atom stereocenters. The number of anilines is 1. The Balaban J connectivity index is 2.26. The topological polar surface area (TPSA) is 81.4 Å². The summed E-state index contributed by atoms with van der Waals surface area (Å²) in [4.78, 5) is -1.00. The first kappa shape index (κ1) is 15.1. The van der Waals surface area contributed by atoms with Crippen LogP contribution in [0.4, 0.5) is 14.5 Å². The molecular formula is C12H16F2N2O3S. The lowest BCUT2D eigenvalue weighted by atomic mass is 10.0. The largest absolute Gasteiger partial charge is 0.399 e. The molecule has 20 heavy (non-hydrogen) atoms. The maximum atomic E-state index is 13.7. The van der Waals surface area contributed by atoms with Gasteiger partial charge in [0.15, 0.2) is 4.90 Å². The van der Waals surface area contributed by atoms with E-state index in [1.807, 2.05) is 0 Å². The van der Waals surface area contributed by atoms with Gasteiger partial charge in [-0.25, -0.2) is 21.9 Å². The van der Waals surface area contributed by atoms with Gasteiger partial charge in [-0.2, -0.15) is 0 Å². The van der Waals surface area contributed by atoms with Gasteiger partial charge in [-0.15, -0.1) is 0 Å². The summed E-state index contributed by atoms with van der Waals surface area (Å²) in [7, 11) is -4.29. The first-order valence-electron chi connectivity index (χ1n) is 6.16. The van der Waals surface area contributed by atoms with E-state index in [1.54, 1.807) is 6.92 Å². The molecule has 3 N–H and O–H groups in total. The number of halogens is 2. The Labute approximate surface area is 116 Å². The minimum Gasteiger partial charge on any atom is -0.399 e. The monoisotopic (exact) mass is 306 g/mol. The highest BCUT2D eigenvalue weighted by Gasteiger charge is 2.30. The van der Waals surface area contributed by atoms with Gasteiger partial charge in [-0.05, 0) is 25.5 Å². The second-order valence-corrected chi connectivity index (χ2v) is 6.50. The molecule has 1 saturated heterocycles. The van der Waals surface area contributed by atoms with Crippen molar-refractivity contribution in [3.63, 3.8) is 0 Å². The number of benzene rings is 1. The van der Waals surface area contributed by atoms with Crippen molar-refractivity contribution in [1.29, 1.82) is 0 Å². The van der Waals surface area contributed by atoms with Gasteiger partial charge in [0.2, 0.25) is 10.0 Å². The Morgan fingerprint density at radius 2 is 2.00 bits per heavy atom. The van der Waals surface area contributed by atoms with Crippen molar-refractivity contribution in [1.82, 2.24) is 4.72 Å². The summed E-state index contributed by atoms with van der Waals surface area (Å²) in [5.74, 6) is -2.42. The van der Waals surface area contributed by atoms with Gasteiger partial charge in [0.1, 0.15) is 11.6 Å². The Hall–Kier alpha value is -1.25. The lowest BCUT2D eigenvalue weighted by Crippen LogP contribution is -2.39. The van der Waals surface area contributed by atoms with E-state index >= 15 is 0 Å². The molecule has 0 aromatic heterocycles. The maximum Gasteiger partial charge on any atom is 0.246 e. The zero-order valence-electron chi connectivity index (χ0n) is 10.9. The highest BCUT2D eigenvalue weighted by molar-refractivity contribution is 7.89. The highest BCUT2D eigenvalue weighted by Crippen LogP contribution is 2.23. The van der Waals surface area contributed by atoms with Crippen LogP contribution < -0.4 is 10.5 Å². The Kier molecular flexibility index (Phi) is 4.26.